The summed E-state index contributed by atoms with van der Waals surface area (Å²) in [4.78, 5) is 2.12. The van der Waals surface area contributed by atoms with E-state index in [2.05, 4.69) is 4.90 Å². The minimum atomic E-state index is -0.329. The second-order valence-corrected chi connectivity index (χ2v) is 5.08. The van der Waals surface area contributed by atoms with Gasteiger partial charge < -0.3 is 14.9 Å². The van der Waals surface area contributed by atoms with Crippen LogP contribution in [0.3, 0.4) is 0 Å². The Morgan fingerprint density at radius 3 is 2.37 bits per heavy atom. The van der Waals surface area contributed by atoms with Crippen molar-refractivity contribution in [3.05, 3.63) is 35.9 Å². The predicted molar refractivity (Wildman–Crippen MR) is 76.3 cm³/mol. The quantitative estimate of drug-likeness (QED) is 0.697. The van der Waals surface area contributed by atoms with E-state index < -0.39 is 0 Å². The van der Waals surface area contributed by atoms with Crippen LogP contribution in [0.15, 0.2) is 30.3 Å². The molecule has 0 aliphatic carbocycles. The van der Waals surface area contributed by atoms with E-state index in [4.69, 9.17) is 9.84 Å². The summed E-state index contributed by atoms with van der Waals surface area (Å²) in [5, 5.41) is 18.9. The Bertz CT molecular complexity index is 345. The lowest BCUT2D eigenvalue weighted by Gasteiger charge is -2.34. The molecule has 0 spiro atoms. The van der Waals surface area contributed by atoms with Gasteiger partial charge in [0.2, 0.25) is 0 Å². The molecular formula is C15H25NO3. The van der Waals surface area contributed by atoms with E-state index in [1.54, 1.807) is 7.11 Å². The van der Waals surface area contributed by atoms with Crippen LogP contribution in [0.5, 0.6) is 0 Å². The lowest BCUT2D eigenvalue weighted by molar-refractivity contribution is 0.0953. The van der Waals surface area contributed by atoms with Crippen LogP contribution in [0.1, 0.15) is 12.5 Å². The number of rotatable bonds is 9. The van der Waals surface area contributed by atoms with Gasteiger partial charge >= 0.3 is 0 Å². The van der Waals surface area contributed by atoms with Crippen molar-refractivity contribution in [1.29, 1.82) is 0 Å². The van der Waals surface area contributed by atoms with Crippen molar-refractivity contribution >= 4 is 0 Å². The Kier molecular flexibility index (Phi) is 7.02. The number of ether oxygens (including phenoxy) is 1. The molecule has 0 radical (unpaired) electrons. The van der Waals surface area contributed by atoms with Gasteiger partial charge in [-0.15, -0.1) is 0 Å². The maximum absolute atomic E-state index is 9.76. The molecule has 0 bridgehead atoms. The SMILES string of the molecule is COCCN(CCO)CC(C)(CO)c1ccccc1. The molecule has 108 valence electrons. The Hall–Kier alpha value is -0.940. The van der Waals surface area contributed by atoms with Crippen molar-refractivity contribution in [1.82, 2.24) is 4.90 Å². The highest BCUT2D eigenvalue weighted by atomic mass is 16.5. The molecule has 2 N–H and O–H groups in total. The van der Waals surface area contributed by atoms with Crippen molar-refractivity contribution in [3.63, 3.8) is 0 Å². The Labute approximate surface area is 115 Å². The smallest absolute Gasteiger partial charge is 0.0589 e. The van der Waals surface area contributed by atoms with Crippen LogP contribution in [-0.2, 0) is 10.2 Å². The van der Waals surface area contributed by atoms with Crippen molar-refractivity contribution in [2.75, 3.05) is 46.6 Å². The first kappa shape index (κ1) is 16.1. The molecule has 1 aromatic rings. The molecule has 0 aliphatic rings. The topological polar surface area (TPSA) is 52.9 Å². The zero-order chi connectivity index (χ0) is 14.1. The van der Waals surface area contributed by atoms with Crippen molar-refractivity contribution in [2.24, 2.45) is 0 Å². The fourth-order valence-corrected chi connectivity index (χ4v) is 2.20. The average molecular weight is 267 g/mol. The van der Waals surface area contributed by atoms with Crippen molar-refractivity contribution in [2.45, 2.75) is 12.3 Å². The molecule has 0 fully saturated rings. The van der Waals surface area contributed by atoms with Gasteiger partial charge in [0.15, 0.2) is 0 Å². The molecule has 19 heavy (non-hydrogen) atoms. The molecule has 1 rings (SSSR count). The molecule has 0 amide bonds. The van der Waals surface area contributed by atoms with Gasteiger partial charge in [-0.3, -0.25) is 4.90 Å². The predicted octanol–water partition coefficient (Wildman–Crippen LogP) is 0.877. The highest BCUT2D eigenvalue weighted by Gasteiger charge is 2.28. The number of hydrogen-bond donors (Lipinski definition) is 2. The van der Waals surface area contributed by atoms with Gasteiger partial charge in [-0.25, -0.2) is 0 Å². The molecule has 1 atom stereocenters. The highest BCUT2D eigenvalue weighted by Crippen LogP contribution is 2.24. The van der Waals surface area contributed by atoms with Crippen LogP contribution in [0.2, 0.25) is 0 Å². The lowest BCUT2D eigenvalue weighted by atomic mass is 9.82. The summed E-state index contributed by atoms with van der Waals surface area (Å²) in [7, 11) is 1.67. The second-order valence-electron chi connectivity index (χ2n) is 5.08. The summed E-state index contributed by atoms with van der Waals surface area (Å²) < 4.78 is 5.09. The van der Waals surface area contributed by atoms with Gasteiger partial charge in [-0.1, -0.05) is 37.3 Å². The summed E-state index contributed by atoms with van der Waals surface area (Å²) in [5.74, 6) is 0. The fourth-order valence-electron chi connectivity index (χ4n) is 2.20. The highest BCUT2D eigenvalue weighted by molar-refractivity contribution is 5.25. The van der Waals surface area contributed by atoms with Crippen LogP contribution >= 0.6 is 0 Å². The van der Waals surface area contributed by atoms with Crippen LogP contribution in [-0.4, -0.2) is 61.7 Å². The van der Waals surface area contributed by atoms with Gasteiger partial charge in [0, 0.05) is 32.2 Å². The largest absolute Gasteiger partial charge is 0.395 e. The Morgan fingerprint density at radius 1 is 1.16 bits per heavy atom. The van der Waals surface area contributed by atoms with E-state index in [1.165, 1.54) is 0 Å². The van der Waals surface area contributed by atoms with E-state index in [0.717, 1.165) is 12.1 Å². The monoisotopic (exact) mass is 267 g/mol. The van der Waals surface area contributed by atoms with Gasteiger partial charge in [-0.2, -0.15) is 0 Å². The van der Waals surface area contributed by atoms with Gasteiger partial charge in [0.05, 0.1) is 19.8 Å². The third-order valence-corrected chi connectivity index (χ3v) is 3.42. The van der Waals surface area contributed by atoms with E-state index in [0.29, 0.717) is 19.7 Å². The fraction of sp³-hybridized carbons (Fsp3) is 0.600. The molecule has 0 aliphatic heterocycles. The molecule has 0 saturated carbocycles. The third-order valence-electron chi connectivity index (χ3n) is 3.42. The minimum absolute atomic E-state index is 0.0753. The molecule has 1 aromatic carbocycles. The zero-order valence-corrected chi connectivity index (χ0v) is 11.9. The molecular weight excluding hydrogens is 242 g/mol. The molecule has 4 heteroatoms. The number of methoxy groups -OCH3 is 1. The summed E-state index contributed by atoms with van der Waals surface area (Å²) in [5.41, 5.74) is 0.780. The van der Waals surface area contributed by atoms with Gasteiger partial charge in [0.1, 0.15) is 0 Å². The number of nitrogens with zero attached hydrogens (tertiary/aromatic N) is 1. The first-order valence-electron chi connectivity index (χ1n) is 6.65. The molecule has 4 nitrogen and oxygen atoms in total. The van der Waals surface area contributed by atoms with E-state index in [1.807, 2.05) is 37.3 Å². The van der Waals surface area contributed by atoms with E-state index in [9.17, 15) is 5.11 Å². The summed E-state index contributed by atoms with van der Waals surface area (Å²) >= 11 is 0. The number of aliphatic hydroxyl groups excluding tert-OH is 2. The maximum atomic E-state index is 9.76. The maximum Gasteiger partial charge on any atom is 0.0589 e. The molecule has 1 unspecified atom stereocenters. The summed E-state index contributed by atoms with van der Waals surface area (Å²) in [6, 6.07) is 9.99. The van der Waals surface area contributed by atoms with Crippen LogP contribution in [0, 0.1) is 0 Å². The normalized spacial score (nSPS) is 14.6. The summed E-state index contributed by atoms with van der Waals surface area (Å²) in [6.07, 6.45) is 0. The second kappa shape index (κ2) is 8.27. The first-order chi connectivity index (χ1) is 9.16. The summed E-state index contributed by atoms with van der Waals surface area (Å²) in [6.45, 7) is 4.88. The van der Waals surface area contributed by atoms with Crippen LogP contribution in [0.4, 0.5) is 0 Å². The minimum Gasteiger partial charge on any atom is -0.395 e. The van der Waals surface area contributed by atoms with Crippen LogP contribution in [0.25, 0.3) is 0 Å². The molecule has 0 heterocycles. The average Bonchev–Trinajstić information content (AvgIpc) is 2.46. The number of aliphatic hydroxyl groups is 2. The standard InChI is InChI=1S/C15H25NO3/c1-15(13-18,14-6-4-3-5-7-14)12-16(8-10-17)9-11-19-2/h3-7,17-18H,8-13H2,1-2H3. The Morgan fingerprint density at radius 2 is 1.84 bits per heavy atom. The van der Waals surface area contributed by atoms with E-state index in [-0.39, 0.29) is 18.6 Å². The van der Waals surface area contributed by atoms with Gasteiger partial charge in [0.25, 0.3) is 0 Å². The van der Waals surface area contributed by atoms with Gasteiger partial charge in [-0.05, 0) is 5.56 Å². The number of hydrogen-bond acceptors (Lipinski definition) is 4. The van der Waals surface area contributed by atoms with Crippen molar-refractivity contribution < 1.29 is 14.9 Å². The lowest BCUT2D eigenvalue weighted by Crippen LogP contribution is -2.43. The first-order valence-corrected chi connectivity index (χ1v) is 6.65. The zero-order valence-electron chi connectivity index (χ0n) is 11.9. The van der Waals surface area contributed by atoms with Crippen molar-refractivity contribution in [3.8, 4) is 0 Å². The third kappa shape index (κ3) is 4.91. The molecule has 0 aromatic heterocycles. The van der Waals surface area contributed by atoms with Crippen LogP contribution < -0.4 is 0 Å². The Balaban J connectivity index is 2.77. The molecule has 0 saturated heterocycles. The van der Waals surface area contributed by atoms with E-state index >= 15 is 0 Å². The number of benzene rings is 1.